The Labute approximate surface area is 70.4 Å². The van der Waals surface area contributed by atoms with Crippen LogP contribution < -0.4 is 5.11 Å². The van der Waals surface area contributed by atoms with E-state index in [9.17, 15) is 9.90 Å². The van der Waals surface area contributed by atoms with Crippen molar-refractivity contribution in [2.24, 2.45) is 0 Å². The van der Waals surface area contributed by atoms with Crippen LogP contribution in [0, 0.1) is 0 Å². The normalized spacial score (nSPS) is 10.3. The van der Waals surface area contributed by atoms with Crippen LogP contribution in [0.15, 0.2) is 30.6 Å². The topological polar surface area (TPSA) is 53.0 Å². The molecule has 0 aliphatic heterocycles. The molecule has 12 heavy (non-hydrogen) atoms. The first kappa shape index (κ1) is 8.46. The molecule has 0 N–H and O–H groups in total. The average molecular weight is 162 g/mol. The summed E-state index contributed by atoms with van der Waals surface area (Å²) >= 11 is 0. The van der Waals surface area contributed by atoms with Gasteiger partial charge in [0.15, 0.2) is 0 Å². The maximum Gasteiger partial charge on any atom is 0.0452 e. The van der Waals surface area contributed by atoms with Crippen LogP contribution in [0.5, 0.6) is 0 Å². The van der Waals surface area contributed by atoms with Gasteiger partial charge in [0.1, 0.15) is 0 Å². The largest absolute Gasteiger partial charge is 0.550 e. The number of carboxylic acids is 1. The molecule has 3 nitrogen and oxygen atoms in total. The molecular formula is C9H8NO2-. The number of pyridine rings is 1. The first-order valence-corrected chi connectivity index (χ1v) is 3.55. The van der Waals surface area contributed by atoms with Gasteiger partial charge in [0.2, 0.25) is 0 Å². The lowest BCUT2D eigenvalue weighted by molar-refractivity contribution is -0.304. The van der Waals surface area contributed by atoms with Crippen molar-refractivity contribution in [3.05, 3.63) is 36.2 Å². The second-order valence-corrected chi connectivity index (χ2v) is 2.26. The van der Waals surface area contributed by atoms with Gasteiger partial charge in [0.05, 0.1) is 0 Å². The zero-order valence-corrected chi connectivity index (χ0v) is 6.43. The summed E-state index contributed by atoms with van der Waals surface area (Å²) in [7, 11) is 0. The number of carbonyl (C=O) groups is 1. The number of carbonyl (C=O) groups excluding carboxylic acids is 1. The monoisotopic (exact) mass is 162 g/mol. The first-order chi connectivity index (χ1) is 5.79. The van der Waals surface area contributed by atoms with Gasteiger partial charge in [-0.1, -0.05) is 18.2 Å². The predicted molar refractivity (Wildman–Crippen MR) is 42.9 cm³/mol. The molecule has 0 radical (unpaired) electrons. The minimum atomic E-state index is -1.07. The highest BCUT2D eigenvalue weighted by Gasteiger charge is 1.83. The third-order valence-corrected chi connectivity index (χ3v) is 1.28. The van der Waals surface area contributed by atoms with Crippen LogP contribution in [-0.4, -0.2) is 11.0 Å². The molecule has 0 atom stereocenters. The van der Waals surface area contributed by atoms with Gasteiger partial charge >= 0.3 is 0 Å². The molecular weight excluding hydrogens is 154 g/mol. The van der Waals surface area contributed by atoms with Crippen LogP contribution in [0.4, 0.5) is 0 Å². The summed E-state index contributed by atoms with van der Waals surface area (Å²) < 4.78 is 0. The van der Waals surface area contributed by atoms with Gasteiger partial charge in [-0.15, -0.1) is 0 Å². The zero-order chi connectivity index (χ0) is 8.81. The fraction of sp³-hybridized carbons (Fsp3) is 0.111. The Kier molecular flexibility index (Phi) is 3.02. The molecule has 1 aromatic rings. The van der Waals surface area contributed by atoms with Crippen molar-refractivity contribution >= 4 is 12.0 Å². The summed E-state index contributed by atoms with van der Waals surface area (Å²) in [5.74, 6) is -1.07. The second kappa shape index (κ2) is 4.28. The maximum atomic E-state index is 10.0. The van der Waals surface area contributed by atoms with Crippen LogP contribution >= 0.6 is 0 Å². The minimum Gasteiger partial charge on any atom is -0.550 e. The van der Waals surface area contributed by atoms with Gasteiger partial charge in [-0.05, 0) is 11.6 Å². The van der Waals surface area contributed by atoms with Crippen LogP contribution in [-0.2, 0) is 4.79 Å². The maximum absolute atomic E-state index is 10.0. The van der Waals surface area contributed by atoms with Gasteiger partial charge in [-0.25, -0.2) is 0 Å². The molecule has 3 heteroatoms. The summed E-state index contributed by atoms with van der Waals surface area (Å²) in [6.45, 7) is 0. The molecule has 1 heterocycles. The Morgan fingerprint density at radius 1 is 1.67 bits per heavy atom. The summed E-state index contributed by atoms with van der Waals surface area (Å²) in [6.07, 6.45) is 6.49. The summed E-state index contributed by atoms with van der Waals surface area (Å²) in [5.41, 5.74) is 0.888. The number of hydrogen-bond donors (Lipinski definition) is 0. The lowest BCUT2D eigenvalue weighted by Gasteiger charge is -1.93. The average Bonchev–Trinajstić information content (AvgIpc) is 2.05. The molecule has 0 unspecified atom stereocenters. The van der Waals surface area contributed by atoms with E-state index in [1.54, 1.807) is 24.5 Å². The quantitative estimate of drug-likeness (QED) is 0.639. The fourth-order valence-corrected chi connectivity index (χ4v) is 0.766. The third kappa shape index (κ3) is 2.96. The zero-order valence-electron chi connectivity index (χ0n) is 6.43. The standard InChI is InChI=1S/C9H9NO2/c11-9(12)5-1-3-8-4-2-6-10-7-8/h1-4,6-7H,5H2,(H,11,12)/p-1/b3-1+. The fourth-order valence-electron chi connectivity index (χ4n) is 0.766. The van der Waals surface area contributed by atoms with Crippen LogP contribution in [0.3, 0.4) is 0 Å². The Morgan fingerprint density at radius 2 is 2.50 bits per heavy atom. The van der Waals surface area contributed by atoms with Crippen molar-refractivity contribution in [1.82, 2.24) is 4.98 Å². The van der Waals surface area contributed by atoms with Crippen LogP contribution in [0.2, 0.25) is 0 Å². The smallest absolute Gasteiger partial charge is 0.0452 e. The molecule has 0 spiro atoms. The van der Waals surface area contributed by atoms with E-state index < -0.39 is 5.97 Å². The Morgan fingerprint density at radius 3 is 3.08 bits per heavy atom. The summed E-state index contributed by atoms with van der Waals surface area (Å²) in [5, 5.41) is 10.0. The molecule has 0 saturated heterocycles. The van der Waals surface area contributed by atoms with E-state index in [4.69, 9.17) is 0 Å². The molecule has 0 saturated carbocycles. The van der Waals surface area contributed by atoms with Crippen molar-refractivity contribution < 1.29 is 9.90 Å². The minimum absolute atomic E-state index is 0.0606. The summed E-state index contributed by atoms with van der Waals surface area (Å²) in [4.78, 5) is 13.9. The van der Waals surface area contributed by atoms with Gasteiger partial charge in [0, 0.05) is 24.8 Å². The van der Waals surface area contributed by atoms with E-state index in [1.807, 2.05) is 6.07 Å². The van der Waals surface area contributed by atoms with Crippen molar-refractivity contribution in [2.75, 3.05) is 0 Å². The SMILES string of the molecule is O=C([O-])C/C=C/c1cccnc1. The third-order valence-electron chi connectivity index (χ3n) is 1.28. The molecule has 0 aromatic carbocycles. The highest BCUT2D eigenvalue weighted by atomic mass is 16.4. The van der Waals surface area contributed by atoms with Gasteiger partial charge in [-0.2, -0.15) is 0 Å². The predicted octanol–water partition coefficient (Wildman–Crippen LogP) is 0.235. The van der Waals surface area contributed by atoms with E-state index in [-0.39, 0.29) is 6.42 Å². The first-order valence-electron chi connectivity index (χ1n) is 3.55. The number of carboxylic acid groups (broad SMARTS) is 1. The Bertz CT molecular complexity index is 280. The molecule has 62 valence electrons. The number of hydrogen-bond acceptors (Lipinski definition) is 3. The second-order valence-electron chi connectivity index (χ2n) is 2.26. The molecule has 0 aliphatic carbocycles. The van der Waals surface area contributed by atoms with Crippen molar-refractivity contribution in [1.29, 1.82) is 0 Å². The van der Waals surface area contributed by atoms with Crippen molar-refractivity contribution in [2.45, 2.75) is 6.42 Å². The molecule has 0 fully saturated rings. The number of aromatic nitrogens is 1. The number of aliphatic carboxylic acids is 1. The number of nitrogens with zero attached hydrogens (tertiary/aromatic N) is 1. The number of rotatable bonds is 3. The molecule has 0 aliphatic rings. The van der Waals surface area contributed by atoms with E-state index in [0.29, 0.717) is 0 Å². The highest BCUT2D eigenvalue weighted by Crippen LogP contribution is 1.98. The molecule has 0 bridgehead atoms. The van der Waals surface area contributed by atoms with Crippen LogP contribution in [0.25, 0.3) is 6.08 Å². The molecule has 1 rings (SSSR count). The van der Waals surface area contributed by atoms with Crippen LogP contribution in [0.1, 0.15) is 12.0 Å². The Balaban J connectivity index is 2.52. The highest BCUT2D eigenvalue weighted by molar-refractivity contribution is 5.68. The van der Waals surface area contributed by atoms with E-state index in [2.05, 4.69) is 4.98 Å². The van der Waals surface area contributed by atoms with Crippen molar-refractivity contribution in [3.63, 3.8) is 0 Å². The van der Waals surface area contributed by atoms with E-state index in [0.717, 1.165) is 5.56 Å². The van der Waals surface area contributed by atoms with Crippen molar-refractivity contribution in [3.8, 4) is 0 Å². The van der Waals surface area contributed by atoms with Gasteiger partial charge in [0.25, 0.3) is 0 Å². The lowest BCUT2D eigenvalue weighted by atomic mass is 10.2. The summed E-state index contributed by atoms with van der Waals surface area (Å²) in [6, 6.07) is 3.64. The Hall–Kier alpha value is -1.64. The van der Waals surface area contributed by atoms with Gasteiger partial charge in [-0.3, -0.25) is 4.98 Å². The molecule has 0 amide bonds. The molecule has 1 aromatic heterocycles. The van der Waals surface area contributed by atoms with Gasteiger partial charge < -0.3 is 9.90 Å². The van der Waals surface area contributed by atoms with E-state index in [1.165, 1.54) is 6.08 Å². The lowest BCUT2D eigenvalue weighted by Crippen LogP contribution is -2.20. The van der Waals surface area contributed by atoms with E-state index >= 15 is 0 Å².